The van der Waals surface area contributed by atoms with E-state index in [-0.39, 0.29) is 142 Å². The number of thioether (sulfide) groups is 4. The molecule has 0 aliphatic carbocycles. The first kappa shape index (κ1) is 105. The summed E-state index contributed by atoms with van der Waals surface area (Å²) in [4.78, 5) is 117. The molecule has 4 rings (SSSR count). The van der Waals surface area contributed by atoms with Crippen molar-refractivity contribution in [2.75, 3.05) is 61.2 Å². The van der Waals surface area contributed by atoms with Crippen molar-refractivity contribution in [2.45, 2.75) is 289 Å². The number of hydrogen-bond donors (Lipinski definition) is 12. The number of carbonyl (C=O) groups excluding carboxylic acids is 10. The highest BCUT2D eigenvalue weighted by molar-refractivity contribution is 7.99. The van der Waals surface area contributed by atoms with Gasteiger partial charge in [0.15, 0.2) is 0 Å². The predicted molar refractivity (Wildman–Crippen MR) is 403 cm³/mol. The lowest BCUT2D eigenvalue weighted by Gasteiger charge is -2.46. The third-order valence-corrected chi connectivity index (χ3v) is 20.8. The lowest BCUT2D eigenvalue weighted by atomic mass is 9.80. The average Bonchev–Trinajstić information content (AvgIpc) is 0.801. The number of aliphatic hydroxyl groups is 10. The molecule has 109 heavy (non-hydrogen) atoms. The second kappa shape index (κ2) is 54.9. The number of hydrogen-bond acceptors (Lipinski definition) is 36. The molecule has 4 aliphatic heterocycles. The van der Waals surface area contributed by atoms with Crippen molar-refractivity contribution in [1.82, 2.24) is 10.6 Å². The number of carbonyl (C=O) groups is 10. The van der Waals surface area contributed by atoms with Crippen LogP contribution in [0.5, 0.6) is 0 Å². The van der Waals surface area contributed by atoms with Gasteiger partial charge in [-0.25, -0.2) is 0 Å². The third kappa shape index (κ3) is 35.0. The summed E-state index contributed by atoms with van der Waals surface area (Å²) in [6, 6.07) is -1.71. The zero-order valence-electron chi connectivity index (χ0n) is 64.9. The normalized spacial score (nSPS) is 30.3. The van der Waals surface area contributed by atoms with Gasteiger partial charge in [-0.15, -0.1) is 0 Å². The van der Waals surface area contributed by atoms with Crippen LogP contribution >= 0.6 is 47.0 Å². The van der Waals surface area contributed by atoms with Crippen molar-refractivity contribution in [2.24, 2.45) is 35.5 Å². The van der Waals surface area contributed by atoms with E-state index in [2.05, 4.69) is 10.6 Å². The summed E-state index contributed by atoms with van der Waals surface area (Å²) in [5.74, 6) is -1.44. The van der Waals surface area contributed by atoms with Gasteiger partial charge in [-0.2, -0.15) is 47.0 Å². The molecule has 28 unspecified atom stereocenters. The van der Waals surface area contributed by atoms with Gasteiger partial charge in [0, 0.05) is 98.0 Å². The fourth-order valence-electron chi connectivity index (χ4n) is 12.2. The van der Waals surface area contributed by atoms with Gasteiger partial charge >= 0.3 is 0 Å². The SMILES string of the molecule is C.CSCC(C)C(=O)CC1C(O)C(OC(C)C)C(OC=O)OC1C(O)C(O)CO.CSCC(C)C(=O)CC1C(O)C(OC(C)C)C(OC=O)OC1C(O)C(O)CO.CSCC(C)C(=O)CC1OC(OC=O)C(OC(C)C)C(O)C1NC(C)=O.CSCC(C)C(=O)CC1OC(OC=O)C(OC(C)C)C(O)C1NC(C)=O. The fourth-order valence-corrected chi connectivity index (χ4v) is 14.9. The van der Waals surface area contributed by atoms with Gasteiger partial charge in [0.2, 0.25) is 37.0 Å². The first-order valence-electron chi connectivity index (χ1n) is 35.6. The molecule has 4 saturated heterocycles. The number of nitrogens with one attached hydrogen (secondary N) is 2. The van der Waals surface area contributed by atoms with Gasteiger partial charge in [0.05, 0.1) is 86.3 Å². The van der Waals surface area contributed by atoms with Crippen molar-refractivity contribution in [3.05, 3.63) is 0 Å². The minimum absolute atomic E-state index is 0. The summed E-state index contributed by atoms with van der Waals surface area (Å²) in [6.07, 6.45) is -18.6. The van der Waals surface area contributed by atoms with E-state index in [0.717, 1.165) is 0 Å². The second-order valence-electron chi connectivity index (χ2n) is 27.9. The molecule has 0 aromatic rings. The van der Waals surface area contributed by atoms with Crippen LogP contribution in [0.4, 0.5) is 0 Å². The van der Waals surface area contributed by atoms with Crippen LogP contribution in [0.3, 0.4) is 0 Å². The molecule has 34 nitrogen and oxygen atoms in total. The summed E-state index contributed by atoms with van der Waals surface area (Å²) in [5.41, 5.74) is 0. The van der Waals surface area contributed by atoms with Crippen molar-refractivity contribution in [1.29, 1.82) is 0 Å². The Hall–Kier alpha value is -3.82. The van der Waals surface area contributed by atoms with Crippen LogP contribution in [0.1, 0.15) is 130 Å². The zero-order chi connectivity index (χ0) is 82.6. The van der Waals surface area contributed by atoms with Gasteiger partial charge in [0.1, 0.15) is 84.2 Å². The lowest BCUT2D eigenvalue weighted by Crippen LogP contribution is -2.65. The van der Waals surface area contributed by atoms with Gasteiger partial charge < -0.3 is 119 Å². The van der Waals surface area contributed by atoms with E-state index < -0.39 is 160 Å². The first-order chi connectivity index (χ1) is 50.8. The Kier molecular flexibility index (Phi) is 52.9. The highest BCUT2D eigenvalue weighted by Crippen LogP contribution is 2.38. The van der Waals surface area contributed by atoms with E-state index in [1.165, 1.54) is 37.4 Å². The first-order valence-corrected chi connectivity index (χ1v) is 41.2. The Morgan fingerprint density at radius 3 is 0.835 bits per heavy atom. The highest BCUT2D eigenvalue weighted by atomic mass is 32.2. The number of amides is 2. The van der Waals surface area contributed by atoms with Crippen molar-refractivity contribution in [3.63, 3.8) is 0 Å². The number of Topliss-reactive ketones (excluding diaryl/α,β-unsaturated/α-hetero) is 4. The van der Waals surface area contributed by atoms with E-state index in [1.807, 2.05) is 38.9 Å². The molecular weight excluding hydrogens is 1520 g/mol. The van der Waals surface area contributed by atoms with Crippen molar-refractivity contribution >= 4 is 108 Å². The van der Waals surface area contributed by atoms with E-state index in [4.69, 9.17) is 67.1 Å². The van der Waals surface area contributed by atoms with E-state index in [9.17, 15) is 88.8 Å². The summed E-state index contributed by atoms with van der Waals surface area (Å²) >= 11 is 6.14. The molecule has 28 atom stereocenters. The second-order valence-corrected chi connectivity index (χ2v) is 31.5. The Bertz CT molecular complexity index is 2470. The van der Waals surface area contributed by atoms with Crippen molar-refractivity contribution in [3.8, 4) is 0 Å². The van der Waals surface area contributed by atoms with Crippen molar-refractivity contribution < 1.29 is 156 Å². The van der Waals surface area contributed by atoms with Crippen LogP contribution in [0.2, 0.25) is 0 Å². The standard InChI is InChI=1S/2C18H32O9S.2C17H29NO7S.CH4/c2*1-9(2)26-17-14(23)11(5-12(21)10(3)7-28-4)16(15(24)13(22)6-19)27-18(17)25-8-20;2*1-9(2)24-16-15(22)14(18-11(4)20)13(25-17(16)23-8-19)6-12(21)10(3)7-26-5;/h2*8-11,13-19,22-24H,5-7H2,1-4H3;2*8-10,13-17,22H,6-7H2,1-5H3,(H,18,20);1H4. The summed E-state index contributed by atoms with van der Waals surface area (Å²) in [7, 11) is 0. The Morgan fingerprint density at radius 1 is 0.394 bits per heavy atom. The van der Waals surface area contributed by atoms with Crippen LogP contribution in [0.25, 0.3) is 0 Å². The number of ketones is 4. The smallest absolute Gasteiger partial charge is 0.295 e. The lowest BCUT2D eigenvalue weighted by molar-refractivity contribution is -0.306. The van der Waals surface area contributed by atoms with E-state index >= 15 is 0 Å². The number of ether oxygens (including phenoxy) is 12. The summed E-state index contributed by atoms with van der Waals surface area (Å²) < 4.78 is 64.8. The van der Waals surface area contributed by atoms with E-state index in [1.54, 1.807) is 92.8 Å². The molecule has 0 aromatic carbocycles. The minimum atomic E-state index is -1.61. The molecule has 4 heterocycles. The highest BCUT2D eigenvalue weighted by Gasteiger charge is 2.55. The number of aliphatic hydroxyl groups excluding tert-OH is 10. The van der Waals surface area contributed by atoms with Gasteiger partial charge in [-0.05, 0) is 80.4 Å². The molecule has 4 fully saturated rings. The molecular formula is C71H126N2O32S4. The van der Waals surface area contributed by atoms with Crippen LogP contribution < -0.4 is 10.6 Å². The average molecular weight is 1650 g/mol. The minimum Gasteiger partial charge on any atom is -0.435 e. The monoisotopic (exact) mass is 1650 g/mol. The summed E-state index contributed by atoms with van der Waals surface area (Å²) in [6.45, 7) is 22.9. The van der Waals surface area contributed by atoms with Gasteiger partial charge in [-0.3, -0.25) is 47.9 Å². The molecule has 4 aliphatic rings. The van der Waals surface area contributed by atoms with E-state index in [0.29, 0.717) is 23.0 Å². The van der Waals surface area contributed by atoms with Crippen LogP contribution in [0, 0.1) is 35.5 Å². The van der Waals surface area contributed by atoms with Crippen LogP contribution in [0.15, 0.2) is 0 Å². The molecule has 0 saturated carbocycles. The predicted octanol–water partition coefficient (Wildman–Crippen LogP) is 0.294. The molecule has 12 N–H and O–H groups in total. The van der Waals surface area contributed by atoms with Gasteiger partial charge in [0.25, 0.3) is 25.9 Å². The molecule has 38 heteroatoms. The largest absolute Gasteiger partial charge is 0.435 e. The molecule has 0 bridgehead atoms. The third-order valence-electron chi connectivity index (χ3n) is 17.5. The van der Waals surface area contributed by atoms with Crippen LogP contribution in [-0.2, 0) is 105 Å². The molecule has 636 valence electrons. The fraction of sp³-hybridized carbons (Fsp3) is 0.859. The number of rotatable bonds is 44. The summed E-state index contributed by atoms with van der Waals surface area (Å²) in [5, 5.41) is 107. The maximum atomic E-state index is 12.6. The Morgan fingerprint density at radius 2 is 0.624 bits per heavy atom. The van der Waals surface area contributed by atoms with Crippen LogP contribution in [-0.4, -0.2) is 332 Å². The quantitative estimate of drug-likeness (QED) is 0.0288. The maximum absolute atomic E-state index is 12.6. The molecule has 0 spiro atoms. The van der Waals surface area contributed by atoms with Gasteiger partial charge in [-0.1, -0.05) is 35.1 Å². The zero-order valence-corrected chi connectivity index (χ0v) is 68.2. The molecule has 0 radical (unpaired) electrons. The maximum Gasteiger partial charge on any atom is 0.295 e. The molecule has 0 aromatic heterocycles. The topological polar surface area (TPSA) is 508 Å². The molecule has 2 amide bonds. The Labute approximate surface area is 657 Å². The Balaban J connectivity index is 0.00000142.